The maximum absolute atomic E-state index is 13.2. The molecular formula is C30H34N6O4S. The summed E-state index contributed by atoms with van der Waals surface area (Å²) in [6.07, 6.45) is 2.41. The van der Waals surface area contributed by atoms with Crippen LogP contribution in [0.5, 0.6) is 11.5 Å². The molecule has 0 spiro atoms. The zero-order chi connectivity index (χ0) is 28.7. The van der Waals surface area contributed by atoms with Crippen LogP contribution in [0, 0.1) is 0 Å². The normalized spacial score (nSPS) is 20.6. The van der Waals surface area contributed by atoms with Gasteiger partial charge in [-0.2, -0.15) is 0 Å². The molecule has 4 amide bonds. The number of ether oxygens (including phenoxy) is 1. The van der Waals surface area contributed by atoms with E-state index in [1.807, 2.05) is 42.2 Å². The maximum atomic E-state index is 13.2. The van der Waals surface area contributed by atoms with Crippen LogP contribution in [0.15, 0.2) is 42.5 Å². The van der Waals surface area contributed by atoms with Crippen molar-refractivity contribution in [2.45, 2.75) is 70.6 Å². The second-order valence-corrected chi connectivity index (χ2v) is 12.4. The number of hydrogen-bond donors (Lipinski definition) is 2. The van der Waals surface area contributed by atoms with Crippen LogP contribution in [0.25, 0.3) is 10.6 Å². The molecule has 2 N–H and O–H groups in total. The smallest absolute Gasteiger partial charge is 0.318 e. The maximum Gasteiger partial charge on any atom is 0.318 e. The van der Waals surface area contributed by atoms with Gasteiger partial charge in [-0.25, -0.2) is 4.79 Å². The number of carbonyl (C=O) groups is 3. The molecule has 1 saturated carbocycles. The summed E-state index contributed by atoms with van der Waals surface area (Å²) in [7, 11) is 0. The van der Waals surface area contributed by atoms with Crippen molar-refractivity contribution in [3.8, 4) is 22.1 Å². The summed E-state index contributed by atoms with van der Waals surface area (Å²) in [5, 5.41) is 16.4. The SMILES string of the molecule is CC1CN(Cc2ccc(C(=O)NC3CC(=O)N(C4CC4)C3)cc2Oc2ccc(-c3nnc(C(C)C)s3)cc2)C(=O)N1. The standard InChI is InChI=1S/C30H34N6O4S/c1-17(2)28-33-34-29(41-28)19-6-10-24(11-7-19)40-25-12-20(4-5-21(25)15-35-14-18(3)31-30(35)39)27(38)32-22-13-26(37)36(16-22)23-8-9-23/h4-7,10-12,17-18,22-23H,8-9,13-16H2,1-3H3,(H,31,39)(H,32,38). The van der Waals surface area contributed by atoms with Crippen molar-refractivity contribution in [3.05, 3.63) is 58.6 Å². The van der Waals surface area contributed by atoms with Gasteiger partial charge in [0.05, 0.1) is 12.6 Å². The first kappa shape index (κ1) is 27.2. The summed E-state index contributed by atoms with van der Waals surface area (Å²) in [5.41, 5.74) is 2.17. The minimum absolute atomic E-state index is 0.0605. The Labute approximate surface area is 243 Å². The second-order valence-electron chi connectivity index (χ2n) is 11.4. The van der Waals surface area contributed by atoms with Crippen molar-refractivity contribution in [1.82, 2.24) is 30.6 Å². The molecule has 2 aliphatic heterocycles. The van der Waals surface area contributed by atoms with Crippen LogP contribution in [-0.2, 0) is 11.3 Å². The zero-order valence-corrected chi connectivity index (χ0v) is 24.2. The molecule has 3 fully saturated rings. The number of amides is 4. The lowest BCUT2D eigenvalue weighted by Gasteiger charge is -2.19. The highest BCUT2D eigenvalue weighted by molar-refractivity contribution is 7.14. The van der Waals surface area contributed by atoms with Crippen LogP contribution in [-0.4, -0.2) is 69.1 Å². The molecule has 1 aliphatic carbocycles. The van der Waals surface area contributed by atoms with E-state index >= 15 is 0 Å². The van der Waals surface area contributed by atoms with Gasteiger partial charge in [0.25, 0.3) is 5.91 Å². The second kappa shape index (κ2) is 11.1. The summed E-state index contributed by atoms with van der Waals surface area (Å²) in [6.45, 7) is 7.64. The van der Waals surface area contributed by atoms with E-state index in [1.54, 1.807) is 28.4 Å². The first-order valence-corrected chi connectivity index (χ1v) is 15.0. The van der Waals surface area contributed by atoms with Crippen molar-refractivity contribution >= 4 is 29.2 Å². The van der Waals surface area contributed by atoms with Crippen molar-refractivity contribution in [2.24, 2.45) is 0 Å². The highest BCUT2D eigenvalue weighted by atomic mass is 32.1. The van der Waals surface area contributed by atoms with Crippen LogP contribution in [0.2, 0.25) is 0 Å². The molecular weight excluding hydrogens is 540 g/mol. The van der Waals surface area contributed by atoms with Crippen molar-refractivity contribution in [2.75, 3.05) is 13.1 Å². The van der Waals surface area contributed by atoms with Gasteiger partial charge in [-0.15, -0.1) is 10.2 Å². The molecule has 11 heteroatoms. The fourth-order valence-corrected chi connectivity index (χ4v) is 6.09. The number of hydrogen-bond acceptors (Lipinski definition) is 7. The van der Waals surface area contributed by atoms with E-state index in [1.165, 1.54) is 0 Å². The molecule has 2 unspecified atom stereocenters. The van der Waals surface area contributed by atoms with Gasteiger partial charge in [0.15, 0.2) is 0 Å². The molecule has 2 aromatic carbocycles. The largest absolute Gasteiger partial charge is 0.457 e. The fourth-order valence-electron chi connectivity index (χ4n) is 5.24. The quantitative estimate of drug-likeness (QED) is 0.388. The number of rotatable bonds is 9. The summed E-state index contributed by atoms with van der Waals surface area (Å²) < 4.78 is 6.32. The van der Waals surface area contributed by atoms with Gasteiger partial charge in [-0.3, -0.25) is 9.59 Å². The Morgan fingerprint density at radius 1 is 1.12 bits per heavy atom. The van der Waals surface area contributed by atoms with Crippen molar-refractivity contribution in [3.63, 3.8) is 0 Å². The van der Waals surface area contributed by atoms with E-state index in [0.717, 1.165) is 34.0 Å². The van der Waals surface area contributed by atoms with Gasteiger partial charge in [-0.05, 0) is 56.2 Å². The summed E-state index contributed by atoms with van der Waals surface area (Å²) in [4.78, 5) is 41.6. The third kappa shape index (κ3) is 6.04. The Morgan fingerprint density at radius 3 is 2.56 bits per heavy atom. The average Bonchev–Trinajstić information content (AvgIpc) is 3.39. The molecule has 10 nitrogen and oxygen atoms in total. The van der Waals surface area contributed by atoms with Gasteiger partial charge < -0.3 is 25.2 Å². The first-order valence-electron chi connectivity index (χ1n) is 14.1. The van der Waals surface area contributed by atoms with Gasteiger partial charge in [-0.1, -0.05) is 31.3 Å². The molecule has 0 bridgehead atoms. The first-order chi connectivity index (χ1) is 19.7. The van der Waals surface area contributed by atoms with Gasteiger partial charge in [0.1, 0.15) is 21.5 Å². The predicted molar refractivity (Wildman–Crippen MR) is 155 cm³/mol. The number of aromatic nitrogens is 2. The molecule has 2 saturated heterocycles. The van der Waals surface area contributed by atoms with E-state index < -0.39 is 0 Å². The summed E-state index contributed by atoms with van der Waals surface area (Å²) >= 11 is 1.57. The Balaban J connectivity index is 1.21. The Morgan fingerprint density at radius 2 is 1.90 bits per heavy atom. The van der Waals surface area contributed by atoms with E-state index in [0.29, 0.717) is 55.1 Å². The zero-order valence-electron chi connectivity index (χ0n) is 23.4. The van der Waals surface area contributed by atoms with E-state index in [4.69, 9.17) is 4.74 Å². The third-order valence-corrected chi connectivity index (χ3v) is 8.86. The Bertz CT molecular complexity index is 1470. The van der Waals surface area contributed by atoms with Crippen LogP contribution in [0.1, 0.15) is 66.9 Å². The van der Waals surface area contributed by atoms with Crippen molar-refractivity contribution in [1.29, 1.82) is 0 Å². The monoisotopic (exact) mass is 574 g/mol. The fraction of sp³-hybridized carbons (Fsp3) is 0.433. The number of nitrogens with zero attached hydrogens (tertiary/aromatic N) is 4. The Kier molecular flexibility index (Phi) is 7.37. The van der Waals surface area contributed by atoms with Crippen molar-refractivity contribution < 1.29 is 19.1 Å². The van der Waals surface area contributed by atoms with Gasteiger partial charge in [0, 0.05) is 54.2 Å². The van der Waals surface area contributed by atoms with Crippen LogP contribution >= 0.6 is 11.3 Å². The highest BCUT2D eigenvalue weighted by Crippen LogP contribution is 2.33. The minimum atomic E-state index is -0.253. The third-order valence-electron chi connectivity index (χ3n) is 7.59. The molecule has 3 heterocycles. The number of carbonyl (C=O) groups excluding carboxylic acids is 3. The Hall–Kier alpha value is -3.99. The molecule has 1 aromatic heterocycles. The lowest BCUT2D eigenvalue weighted by molar-refractivity contribution is -0.128. The van der Waals surface area contributed by atoms with E-state index in [9.17, 15) is 14.4 Å². The highest BCUT2D eigenvalue weighted by Gasteiger charge is 2.39. The van der Waals surface area contributed by atoms with E-state index in [-0.39, 0.29) is 29.9 Å². The summed E-state index contributed by atoms with van der Waals surface area (Å²) in [6, 6.07) is 13.0. The lowest BCUT2D eigenvalue weighted by atomic mass is 10.1. The number of nitrogens with one attached hydrogen (secondary N) is 2. The minimum Gasteiger partial charge on any atom is -0.457 e. The predicted octanol–water partition coefficient (Wildman–Crippen LogP) is 4.53. The molecule has 3 aromatic rings. The number of urea groups is 1. The lowest BCUT2D eigenvalue weighted by Crippen LogP contribution is -2.37. The van der Waals surface area contributed by atoms with Crippen LogP contribution in [0.3, 0.4) is 0 Å². The molecule has 0 radical (unpaired) electrons. The van der Waals surface area contributed by atoms with E-state index in [2.05, 4.69) is 34.7 Å². The average molecular weight is 575 g/mol. The summed E-state index contributed by atoms with van der Waals surface area (Å²) in [5.74, 6) is 1.27. The van der Waals surface area contributed by atoms with Crippen LogP contribution in [0.4, 0.5) is 4.79 Å². The number of likely N-dealkylation sites (tertiary alicyclic amines) is 1. The molecule has 41 heavy (non-hydrogen) atoms. The molecule has 214 valence electrons. The topological polar surface area (TPSA) is 117 Å². The van der Waals surface area contributed by atoms with Gasteiger partial charge >= 0.3 is 6.03 Å². The molecule has 6 rings (SSSR count). The molecule has 3 aliphatic rings. The molecule has 2 atom stereocenters. The van der Waals surface area contributed by atoms with Crippen LogP contribution < -0.4 is 15.4 Å². The van der Waals surface area contributed by atoms with Gasteiger partial charge in [0.2, 0.25) is 5.91 Å². The number of benzene rings is 2.